The van der Waals surface area contributed by atoms with Crippen LogP contribution in [0.3, 0.4) is 0 Å². The molecule has 3 aromatic carbocycles. The van der Waals surface area contributed by atoms with Crippen LogP contribution in [-0.4, -0.2) is 10.2 Å². The lowest BCUT2D eigenvalue weighted by Gasteiger charge is -2.04. The van der Waals surface area contributed by atoms with Gasteiger partial charge in [-0.25, -0.2) is 0 Å². The van der Waals surface area contributed by atoms with Crippen LogP contribution in [0.4, 0.5) is 0 Å². The maximum atomic E-state index is 5.79. The summed E-state index contributed by atoms with van der Waals surface area (Å²) in [4.78, 5) is 0. The average Bonchev–Trinajstić information content (AvgIpc) is 3.13. The topological polar surface area (TPSA) is 38.9 Å². The van der Waals surface area contributed by atoms with Crippen molar-refractivity contribution in [2.24, 2.45) is 0 Å². The summed E-state index contributed by atoms with van der Waals surface area (Å²) in [5.41, 5.74) is 4.11. The lowest BCUT2D eigenvalue weighted by molar-refractivity contribution is 0.584. The zero-order valence-corrected chi connectivity index (χ0v) is 14.3. The molecule has 0 atom stereocenters. The number of benzene rings is 3. The van der Waals surface area contributed by atoms with E-state index in [0.29, 0.717) is 11.8 Å². The third-order valence-electron chi connectivity index (χ3n) is 3.76. The summed E-state index contributed by atoms with van der Waals surface area (Å²) in [6.07, 6.45) is 0. The predicted octanol–water partition coefficient (Wildman–Crippen LogP) is 5.83. The predicted molar refractivity (Wildman–Crippen MR) is 98.3 cm³/mol. The van der Waals surface area contributed by atoms with E-state index >= 15 is 0 Å². The second-order valence-corrected chi connectivity index (χ2v) is 6.19. The molecule has 0 aliphatic carbocycles. The van der Waals surface area contributed by atoms with Gasteiger partial charge in [0.15, 0.2) is 0 Å². The maximum Gasteiger partial charge on any atom is 0.248 e. The van der Waals surface area contributed by atoms with Crippen LogP contribution in [0.5, 0.6) is 0 Å². The highest BCUT2D eigenvalue weighted by molar-refractivity contribution is 9.10. The van der Waals surface area contributed by atoms with Gasteiger partial charge in [0.1, 0.15) is 0 Å². The first-order chi connectivity index (χ1) is 11.8. The lowest BCUT2D eigenvalue weighted by Crippen LogP contribution is -1.81. The fourth-order valence-corrected chi connectivity index (χ4v) is 3.04. The van der Waals surface area contributed by atoms with Gasteiger partial charge in [0.2, 0.25) is 11.8 Å². The summed E-state index contributed by atoms with van der Waals surface area (Å²) < 4.78 is 6.86. The molecule has 4 heteroatoms. The van der Waals surface area contributed by atoms with Crippen LogP contribution in [0.1, 0.15) is 0 Å². The highest BCUT2D eigenvalue weighted by Crippen LogP contribution is 2.30. The molecule has 0 bridgehead atoms. The minimum absolute atomic E-state index is 0.521. The molecule has 1 heterocycles. The Balaban J connectivity index is 1.64. The largest absolute Gasteiger partial charge is 0.416 e. The summed E-state index contributed by atoms with van der Waals surface area (Å²) in [6, 6.07) is 26.0. The van der Waals surface area contributed by atoms with Crippen molar-refractivity contribution in [1.29, 1.82) is 0 Å². The first-order valence-electron chi connectivity index (χ1n) is 7.55. The van der Waals surface area contributed by atoms with Crippen molar-refractivity contribution in [2.75, 3.05) is 0 Å². The first kappa shape index (κ1) is 14.8. The third-order valence-corrected chi connectivity index (χ3v) is 4.45. The van der Waals surface area contributed by atoms with E-state index < -0.39 is 0 Å². The summed E-state index contributed by atoms with van der Waals surface area (Å²) in [6.45, 7) is 0. The molecular formula is C20H13BrN2O. The van der Waals surface area contributed by atoms with Gasteiger partial charge in [-0.1, -0.05) is 64.5 Å². The second-order valence-electron chi connectivity index (χ2n) is 5.34. The van der Waals surface area contributed by atoms with Crippen molar-refractivity contribution < 1.29 is 4.42 Å². The Hall–Kier alpha value is -2.72. The number of nitrogens with zero attached hydrogens (tertiary/aromatic N) is 2. The molecule has 0 aliphatic rings. The Kier molecular flexibility index (Phi) is 3.97. The minimum Gasteiger partial charge on any atom is -0.416 e. The molecule has 0 amide bonds. The fourth-order valence-electron chi connectivity index (χ4n) is 2.52. The highest BCUT2D eigenvalue weighted by atomic mass is 79.9. The van der Waals surface area contributed by atoms with Crippen LogP contribution in [0.25, 0.3) is 34.0 Å². The summed E-state index contributed by atoms with van der Waals surface area (Å²) in [5, 5.41) is 8.29. The van der Waals surface area contributed by atoms with Gasteiger partial charge in [-0.2, -0.15) is 0 Å². The third kappa shape index (κ3) is 2.88. The molecule has 0 aliphatic heterocycles. The standard InChI is InChI=1S/C20H13BrN2O/c21-18-9-5-4-8-17(18)14-10-12-16(13-11-14)20-23-22-19(24-20)15-6-2-1-3-7-15/h1-13H. The smallest absolute Gasteiger partial charge is 0.248 e. The average molecular weight is 377 g/mol. The molecule has 3 nitrogen and oxygen atoms in total. The van der Waals surface area contributed by atoms with Gasteiger partial charge >= 0.3 is 0 Å². The van der Waals surface area contributed by atoms with Crippen LogP contribution in [0.2, 0.25) is 0 Å². The molecule has 4 aromatic rings. The number of hydrogen-bond donors (Lipinski definition) is 0. The molecule has 0 saturated carbocycles. The zero-order valence-electron chi connectivity index (χ0n) is 12.7. The van der Waals surface area contributed by atoms with E-state index in [0.717, 1.165) is 26.7 Å². The molecule has 116 valence electrons. The molecule has 4 rings (SSSR count). The summed E-state index contributed by atoms with van der Waals surface area (Å²) >= 11 is 3.58. The van der Waals surface area contributed by atoms with Gasteiger partial charge in [-0.15, -0.1) is 10.2 Å². The molecule has 0 unspecified atom stereocenters. The van der Waals surface area contributed by atoms with Gasteiger partial charge < -0.3 is 4.42 Å². The highest BCUT2D eigenvalue weighted by Gasteiger charge is 2.10. The number of aromatic nitrogens is 2. The minimum atomic E-state index is 0.521. The van der Waals surface area contributed by atoms with Crippen molar-refractivity contribution in [3.63, 3.8) is 0 Å². The maximum absolute atomic E-state index is 5.79. The Labute approximate surface area is 148 Å². The molecule has 1 aromatic heterocycles. The molecular weight excluding hydrogens is 364 g/mol. The van der Waals surface area contributed by atoms with Crippen LogP contribution in [-0.2, 0) is 0 Å². The van der Waals surface area contributed by atoms with E-state index in [-0.39, 0.29) is 0 Å². The zero-order chi connectivity index (χ0) is 16.4. The quantitative estimate of drug-likeness (QED) is 0.451. The Morgan fingerprint density at radius 1 is 0.583 bits per heavy atom. The van der Waals surface area contributed by atoms with Crippen LogP contribution >= 0.6 is 15.9 Å². The number of rotatable bonds is 3. The van der Waals surface area contributed by atoms with Gasteiger partial charge in [0.25, 0.3) is 0 Å². The SMILES string of the molecule is Brc1ccccc1-c1ccc(-c2nnc(-c3ccccc3)o2)cc1. The van der Waals surface area contributed by atoms with Crippen molar-refractivity contribution in [2.45, 2.75) is 0 Å². The van der Waals surface area contributed by atoms with E-state index in [1.54, 1.807) is 0 Å². The number of hydrogen-bond acceptors (Lipinski definition) is 3. The van der Waals surface area contributed by atoms with E-state index in [4.69, 9.17) is 4.42 Å². The molecule has 0 fully saturated rings. The molecule has 24 heavy (non-hydrogen) atoms. The normalized spacial score (nSPS) is 10.7. The Morgan fingerprint density at radius 3 is 1.79 bits per heavy atom. The van der Waals surface area contributed by atoms with Crippen molar-refractivity contribution in [3.8, 4) is 34.0 Å². The molecule has 0 radical (unpaired) electrons. The fraction of sp³-hybridized carbons (Fsp3) is 0. The summed E-state index contributed by atoms with van der Waals surface area (Å²) in [5.74, 6) is 1.05. The van der Waals surface area contributed by atoms with Gasteiger partial charge in [-0.05, 0) is 41.5 Å². The Morgan fingerprint density at radius 2 is 1.12 bits per heavy atom. The Bertz CT molecular complexity index is 962. The first-order valence-corrected chi connectivity index (χ1v) is 8.35. The van der Waals surface area contributed by atoms with Crippen molar-refractivity contribution in [1.82, 2.24) is 10.2 Å². The van der Waals surface area contributed by atoms with Gasteiger partial charge in [-0.3, -0.25) is 0 Å². The van der Waals surface area contributed by atoms with E-state index in [1.807, 2.05) is 60.7 Å². The number of halogens is 1. The van der Waals surface area contributed by atoms with Gasteiger partial charge in [0.05, 0.1) is 0 Å². The lowest BCUT2D eigenvalue weighted by atomic mass is 10.0. The van der Waals surface area contributed by atoms with Crippen LogP contribution in [0, 0.1) is 0 Å². The molecule has 0 spiro atoms. The van der Waals surface area contributed by atoms with E-state index in [9.17, 15) is 0 Å². The van der Waals surface area contributed by atoms with Gasteiger partial charge in [0, 0.05) is 15.6 Å². The van der Waals surface area contributed by atoms with E-state index in [1.165, 1.54) is 0 Å². The van der Waals surface area contributed by atoms with Crippen LogP contribution in [0.15, 0.2) is 87.8 Å². The van der Waals surface area contributed by atoms with E-state index in [2.05, 4.69) is 44.3 Å². The van der Waals surface area contributed by atoms with Crippen molar-refractivity contribution in [3.05, 3.63) is 83.3 Å². The summed E-state index contributed by atoms with van der Waals surface area (Å²) in [7, 11) is 0. The molecule has 0 saturated heterocycles. The monoisotopic (exact) mass is 376 g/mol. The molecule has 0 N–H and O–H groups in total. The van der Waals surface area contributed by atoms with Crippen molar-refractivity contribution >= 4 is 15.9 Å². The second kappa shape index (κ2) is 6.42. The van der Waals surface area contributed by atoms with Crippen LogP contribution < -0.4 is 0 Å².